The van der Waals surface area contributed by atoms with Crippen LogP contribution in [0.1, 0.15) is 40.5 Å². The third-order valence-corrected chi connectivity index (χ3v) is 3.31. The molecule has 0 aromatic carbocycles. The molecule has 1 rings (SSSR count). The van der Waals surface area contributed by atoms with Crippen LogP contribution in [-0.4, -0.2) is 49.2 Å². The second-order valence-corrected chi connectivity index (χ2v) is 6.41. The van der Waals surface area contributed by atoms with Gasteiger partial charge < -0.3 is 15.0 Å². The Morgan fingerprint density at radius 1 is 1.39 bits per heavy atom. The summed E-state index contributed by atoms with van der Waals surface area (Å²) in [5.74, 6) is 0.529. The second kappa shape index (κ2) is 6.53. The molecule has 0 aromatic rings. The van der Waals surface area contributed by atoms with Crippen LogP contribution in [0.15, 0.2) is 0 Å². The van der Waals surface area contributed by atoms with Gasteiger partial charge in [0, 0.05) is 0 Å². The molecule has 1 unspecified atom stereocenters. The molecule has 1 atom stereocenters. The van der Waals surface area contributed by atoms with E-state index in [2.05, 4.69) is 17.3 Å². The maximum Gasteiger partial charge on any atom is 0.323 e. The Labute approximate surface area is 111 Å². The van der Waals surface area contributed by atoms with E-state index < -0.39 is 5.60 Å². The molecular weight excluding hydrogens is 228 g/mol. The predicted octanol–water partition coefficient (Wildman–Crippen LogP) is 1.65. The number of hydrogen-bond acceptors (Lipinski definition) is 4. The van der Waals surface area contributed by atoms with Gasteiger partial charge in [0.15, 0.2) is 0 Å². The van der Waals surface area contributed by atoms with Crippen LogP contribution >= 0.6 is 0 Å². The first-order valence-corrected chi connectivity index (χ1v) is 6.93. The van der Waals surface area contributed by atoms with Crippen LogP contribution in [0.25, 0.3) is 0 Å². The molecule has 18 heavy (non-hydrogen) atoms. The summed E-state index contributed by atoms with van der Waals surface area (Å²) in [6, 6.07) is -0.219. The van der Waals surface area contributed by atoms with E-state index in [1.165, 1.54) is 12.8 Å². The van der Waals surface area contributed by atoms with Crippen LogP contribution in [0.4, 0.5) is 0 Å². The number of likely N-dealkylation sites (tertiary alicyclic amines) is 1. The summed E-state index contributed by atoms with van der Waals surface area (Å²) in [6.07, 6.45) is 2.43. The Morgan fingerprint density at radius 3 is 2.44 bits per heavy atom. The van der Waals surface area contributed by atoms with E-state index in [1.807, 2.05) is 27.7 Å². The molecule has 1 heterocycles. The maximum absolute atomic E-state index is 11.8. The Morgan fingerprint density at radius 2 is 1.94 bits per heavy atom. The van der Waals surface area contributed by atoms with Gasteiger partial charge in [-0.2, -0.15) is 0 Å². The van der Waals surface area contributed by atoms with Gasteiger partial charge in [-0.05, 0) is 73.1 Å². The summed E-state index contributed by atoms with van der Waals surface area (Å²) in [5.41, 5.74) is -0.402. The Balaban J connectivity index is 2.24. The number of hydrogen-bond donors (Lipinski definition) is 1. The van der Waals surface area contributed by atoms with Gasteiger partial charge in [-0.1, -0.05) is 0 Å². The van der Waals surface area contributed by atoms with Crippen molar-refractivity contribution in [2.45, 2.75) is 52.2 Å². The number of esters is 1. The highest BCUT2D eigenvalue weighted by Crippen LogP contribution is 2.15. The van der Waals surface area contributed by atoms with Crippen molar-refractivity contribution in [2.24, 2.45) is 5.92 Å². The summed E-state index contributed by atoms with van der Waals surface area (Å²) in [6.45, 7) is 10.8. The van der Waals surface area contributed by atoms with E-state index in [-0.39, 0.29) is 12.0 Å². The number of carbonyl (C=O) groups is 1. The molecule has 1 aliphatic heterocycles. The molecule has 1 saturated heterocycles. The number of nitrogens with one attached hydrogen (secondary N) is 1. The largest absolute Gasteiger partial charge is 0.459 e. The van der Waals surface area contributed by atoms with E-state index in [0.29, 0.717) is 5.92 Å². The van der Waals surface area contributed by atoms with Crippen molar-refractivity contribution in [1.29, 1.82) is 0 Å². The average molecular weight is 256 g/mol. The first-order chi connectivity index (χ1) is 8.28. The highest BCUT2D eigenvalue weighted by atomic mass is 16.6. The zero-order valence-corrected chi connectivity index (χ0v) is 12.5. The standard InChI is InChI=1S/C14H28N2O2/c1-11(13(17)18-14(2,3)4)15-10-12-6-8-16(5)9-7-12/h11-12,15H,6-10H2,1-5H3. The Kier molecular flexibility index (Phi) is 5.60. The van der Waals surface area contributed by atoms with Gasteiger partial charge in [-0.3, -0.25) is 4.79 Å². The third-order valence-electron chi connectivity index (χ3n) is 3.31. The topological polar surface area (TPSA) is 41.6 Å². The van der Waals surface area contributed by atoms with Crippen LogP contribution in [0.5, 0.6) is 0 Å². The van der Waals surface area contributed by atoms with E-state index in [4.69, 9.17) is 4.74 Å². The van der Waals surface area contributed by atoms with Crippen LogP contribution in [0, 0.1) is 5.92 Å². The number of rotatable bonds is 4. The van der Waals surface area contributed by atoms with Gasteiger partial charge in [0.1, 0.15) is 11.6 Å². The Bertz CT molecular complexity index is 265. The molecule has 0 bridgehead atoms. The van der Waals surface area contributed by atoms with E-state index in [1.54, 1.807) is 0 Å². The summed E-state index contributed by atoms with van der Waals surface area (Å²) < 4.78 is 5.35. The molecule has 1 fully saturated rings. The maximum atomic E-state index is 11.8. The minimum atomic E-state index is -0.402. The fraction of sp³-hybridized carbons (Fsp3) is 0.929. The van der Waals surface area contributed by atoms with Crippen LogP contribution in [0.3, 0.4) is 0 Å². The van der Waals surface area contributed by atoms with Crippen LogP contribution in [0.2, 0.25) is 0 Å². The monoisotopic (exact) mass is 256 g/mol. The molecule has 1 aliphatic rings. The molecule has 4 nitrogen and oxygen atoms in total. The minimum Gasteiger partial charge on any atom is -0.459 e. The molecule has 0 radical (unpaired) electrons. The average Bonchev–Trinajstić information content (AvgIpc) is 2.25. The fourth-order valence-electron chi connectivity index (χ4n) is 2.08. The normalized spacial score (nSPS) is 20.7. The first kappa shape index (κ1) is 15.4. The number of piperidine rings is 1. The number of ether oxygens (including phenoxy) is 1. The lowest BCUT2D eigenvalue weighted by Crippen LogP contribution is -2.43. The van der Waals surface area contributed by atoms with Gasteiger partial charge in [-0.25, -0.2) is 0 Å². The van der Waals surface area contributed by atoms with Crippen LogP contribution < -0.4 is 5.32 Å². The van der Waals surface area contributed by atoms with Crippen molar-refractivity contribution < 1.29 is 9.53 Å². The van der Waals surface area contributed by atoms with Gasteiger partial charge in [0.25, 0.3) is 0 Å². The van der Waals surface area contributed by atoms with Crippen molar-refractivity contribution in [3.8, 4) is 0 Å². The molecular formula is C14H28N2O2. The van der Waals surface area contributed by atoms with Crippen molar-refractivity contribution in [3.05, 3.63) is 0 Å². The lowest BCUT2D eigenvalue weighted by atomic mass is 9.97. The van der Waals surface area contributed by atoms with Crippen molar-refractivity contribution in [3.63, 3.8) is 0 Å². The van der Waals surface area contributed by atoms with E-state index in [9.17, 15) is 4.79 Å². The quantitative estimate of drug-likeness (QED) is 0.777. The van der Waals surface area contributed by atoms with Gasteiger partial charge in [0.2, 0.25) is 0 Å². The fourth-order valence-corrected chi connectivity index (χ4v) is 2.08. The van der Waals surface area contributed by atoms with E-state index in [0.717, 1.165) is 19.6 Å². The van der Waals surface area contributed by atoms with Crippen molar-refractivity contribution in [1.82, 2.24) is 10.2 Å². The molecule has 106 valence electrons. The minimum absolute atomic E-state index is 0.157. The lowest BCUT2D eigenvalue weighted by Gasteiger charge is -2.30. The zero-order chi connectivity index (χ0) is 13.8. The summed E-state index contributed by atoms with van der Waals surface area (Å²) >= 11 is 0. The zero-order valence-electron chi connectivity index (χ0n) is 12.5. The molecule has 0 saturated carbocycles. The molecule has 0 spiro atoms. The van der Waals surface area contributed by atoms with Crippen molar-refractivity contribution in [2.75, 3.05) is 26.7 Å². The van der Waals surface area contributed by atoms with E-state index >= 15 is 0 Å². The molecule has 0 amide bonds. The number of carbonyl (C=O) groups excluding carboxylic acids is 1. The smallest absolute Gasteiger partial charge is 0.323 e. The van der Waals surface area contributed by atoms with Crippen molar-refractivity contribution >= 4 is 5.97 Å². The van der Waals surface area contributed by atoms with Gasteiger partial charge >= 0.3 is 5.97 Å². The highest BCUT2D eigenvalue weighted by molar-refractivity contribution is 5.75. The highest BCUT2D eigenvalue weighted by Gasteiger charge is 2.23. The molecule has 0 aliphatic carbocycles. The molecule has 4 heteroatoms. The number of nitrogens with zero attached hydrogens (tertiary/aromatic N) is 1. The SMILES string of the molecule is CC(NCC1CCN(C)CC1)C(=O)OC(C)(C)C. The van der Waals surface area contributed by atoms with Gasteiger partial charge in [-0.15, -0.1) is 0 Å². The first-order valence-electron chi connectivity index (χ1n) is 6.93. The second-order valence-electron chi connectivity index (χ2n) is 6.41. The Hall–Kier alpha value is -0.610. The molecule has 0 aromatic heterocycles. The predicted molar refractivity (Wildman–Crippen MR) is 73.5 cm³/mol. The van der Waals surface area contributed by atoms with Crippen LogP contribution in [-0.2, 0) is 9.53 Å². The third kappa shape index (κ3) is 5.83. The lowest BCUT2D eigenvalue weighted by molar-refractivity contribution is -0.157. The molecule has 1 N–H and O–H groups in total. The summed E-state index contributed by atoms with van der Waals surface area (Å²) in [5, 5.41) is 3.30. The summed E-state index contributed by atoms with van der Waals surface area (Å²) in [7, 11) is 2.16. The van der Waals surface area contributed by atoms with Gasteiger partial charge in [0.05, 0.1) is 0 Å². The summed E-state index contributed by atoms with van der Waals surface area (Å²) in [4.78, 5) is 14.1.